The topological polar surface area (TPSA) is 85.3 Å². The van der Waals surface area contributed by atoms with Gasteiger partial charge in [0.05, 0.1) is 26.2 Å². The Morgan fingerprint density at radius 2 is 1.79 bits per heavy atom. The fourth-order valence-electron chi connectivity index (χ4n) is 2.85. The first-order valence-corrected chi connectivity index (χ1v) is 9.75. The SMILES string of the molecule is COc1cc(/C=C2/SC(=S)N([C@@H](CC(C)C)C(=O)O)C2=O)cc(OC)c1OC. The Morgan fingerprint density at radius 1 is 1.21 bits per heavy atom. The van der Waals surface area contributed by atoms with E-state index in [1.54, 1.807) is 18.2 Å². The maximum atomic E-state index is 12.9. The van der Waals surface area contributed by atoms with E-state index < -0.39 is 17.9 Å². The van der Waals surface area contributed by atoms with Crippen LogP contribution in [-0.2, 0) is 9.59 Å². The van der Waals surface area contributed by atoms with E-state index in [1.165, 1.54) is 26.2 Å². The Morgan fingerprint density at radius 3 is 2.21 bits per heavy atom. The summed E-state index contributed by atoms with van der Waals surface area (Å²) in [5, 5.41) is 9.56. The number of hydrogen-bond donors (Lipinski definition) is 1. The minimum Gasteiger partial charge on any atom is -0.493 e. The summed E-state index contributed by atoms with van der Waals surface area (Å²) in [7, 11) is 4.51. The van der Waals surface area contributed by atoms with Gasteiger partial charge in [-0.1, -0.05) is 37.8 Å². The van der Waals surface area contributed by atoms with Gasteiger partial charge in [0.25, 0.3) is 5.91 Å². The second-order valence-corrected chi connectivity index (χ2v) is 8.17. The average Bonchev–Trinajstić information content (AvgIpc) is 2.91. The molecule has 0 bridgehead atoms. The van der Waals surface area contributed by atoms with Gasteiger partial charge in [-0.05, 0) is 36.1 Å². The predicted octanol–water partition coefficient (Wildman–Crippen LogP) is 3.41. The Kier molecular flexibility index (Phi) is 7.31. The molecule has 1 aliphatic heterocycles. The standard InChI is InChI=1S/C19H23NO6S2/c1-10(2)6-12(18(22)23)20-17(21)15(28-19(20)27)9-11-7-13(24-3)16(26-5)14(8-11)25-4/h7-10,12H,6H2,1-5H3,(H,22,23)/b15-9+/t12-/m0/s1. The van der Waals surface area contributed by atoms with E-state index in [9.17, 15) is 14.7 Å². The van der Waals surface area contributed by atoms with Crippen LogP contribution in [0, 0.1) is 5.92 Å². The molecule has 1 aliphatic rings. The second kappa shape index (κ2) is 9.29. The molecule has 0 unspecified atom stereocenters. The Labute approximate surface area is 173 Å². The average molecular weight is 426 g/mol. The van der Waals surface area contributed by atoms with E-state index in [1.807, 2.05) is 13.8 Å². The summed E-state index contributed by atoms with van der Waals surface area (Å²) in [5.74, 6) is -0.0446. The predicted molar refractivity (Wildman–Crippen MR) is 112 cm³/mol. The number of carbonyl (C=O) groups is 2. The minimum absolute atomic E-state index is 0.102. The molecule has 1 heterocycles. The quantitative estimate of drug-likeness (QED) is 0.501. The molecule has 28 heavy (non-hydrogen) atoms. The number of thioether (sulfide) groups is 1. The minimum atomic E-state index is -1.07. The van der Waals surface area contributed by atoms with E-state index in [-0.39, 0.29) is 10.2 Å². The van der Waals surface area contributed by atoms with Gasteiger partial charge in [-0.3, -0.25) is 9.69 Å². The highest BCUT2D eigenvalue weighted by atomic mass is 32.2. The molecule has 1 saturated heterocycles. The van der Waals surface area contributed by atoms with Crippen molar-refractivity contribution < 1.29 is 28.9 Å². The van der Waals surface area contributed by atoms with E-state index in [4.69, 9.17) is 26.4 Å². The number of aliphatic carboxylic acids is 1. The number of carbonyl (C=O) groups excluding carboxylic acids is 1. The van der Waals surface area contributed by atoms with Crippen molar-refractivity contribution in [1.82, 2.24) is 4.90 Å². The summed E-state index contributed by atoms with van der Waals surface area (Å²) < 4.78 is 16.2. The second-order valence-electron chi connectivity index (χ2n) is 6.49. The van der Waals surface area contributed by atoms with Gasteiger partial charge in [0, 0.05) is 0 Å². The first-order valence-electron chi connectivity index (χ1n) is 8.53. The van der Waals surface area contributed by atoms with Crippen molar-refractivity contribution >= 4 is 46.3 Å². The summed E-state index contributed by atoms with van der Waals surface area (Å²) >= 11 is 6.37. The lowest BCUT2D eigenvalue weighted by Crippen LogP contribution is -2.44. The van der Waals surface area contributed by atoms with Crippen molar-refractivity contribution in [2.45, 2.75) is 26.3 Å². The fraction of sp³-hybridized carbons (Fsp3) is 0.421. The number of thiocarbonyl (C=S) groups is 1. The van der Waals surface area contributed by atoms with Crippen LogP contribution in [0.25, 0.3) is 6.08 Å². The number of methoxy groups -OCH3 is 3. The number of carboxylic acid groups (broad SMARTS) is 1. The number of ether oxygens (including phenoxy) is 3. The summed E-state index contributed by atoms with van der Waals surface area (Å²) in [4.78, 5) is 26.1. The van der Waals surface area contributed by atoms with E-state index >= 15 is 0 Å². The van der Waals surface area contributed by atoms with Crippen molar-refractivity contribution in [3.8, 4) is 17.2 Å². The molecule has 1 atom stereocenters. The zero-order valence-electron chi connectivity index (χ0n) is 16.3. The highest BCUT2D eigenvalue weighted by Gasteiger charge is 2.40. The highest BCUT2D eigenvalue weighted by molar-refractivity contribution is 8.26. The summed E-state index contributed by atoms with van der Waals surface area (Å²) in [5.41, 5.74) is 0.644. The molecule has 1 N–H and O–H groups in total. The first-order chi connectivity index (χ1) is 13.2. The summed E-state index contributed by atoms with van der Waals surface area (Å²) in [6, 6.07) is 2.42. The fourth-order valence-corrected chi connectivity index (χ4v) is 4.20. The van der Waals surface area contributed by atoms with E-state index in [2.05, 4.69) is 0 Å². The molecule has 0 aliphatic carbocycles. The van der Waals surface area contributed by atoms with E-state index in [0.717, 1.165) is 11.8 Å². The smallest absolute Gasteiger partial charge is 0.326 e. The van der Waals surface area contributed by atoms with Crippen molar-refractivity contribution in [2.75, 3.05) is 21.3 Å². The Balaban J connectivity index is 2.42. The summed E-state index contributed by atoms with van der Waals surface area (Å²) in [6.45, 7) is 3.80. The van der Waals surface area contributed by atoms with Gasteiger partial charge in [-0.25, -0.2) is 4.79 Å². The maximum Gasteiger partial charge on any atom is 0.326 e. The van der Waals surface area contributed by atoms with Gasteiger partial charge in [-0.2, -0.15) is 0 Å². The van der Waals surface area contributed by atoms with Crippen molar-refractivity contribution in [3.63, 3.8) is 0 Å². The number of nitrogens with zero attached hydrogens (tertiary/aromatic N) is 1. The maximum absolute atomic E-state index is 12.9. The van der Waals surface area contributed by atoms with Crippen LogP contribution in [0.5, 0.6) is 17.2 Å². The molecule has 0 aromatic heterocycles. The van der Waals surface area contributed by atoms with Crippen LogP contribution < -0.4 is 14.2 Å². The van der Waals surface area contributed by atoms with Crippen LogP contribution in [0.4, 0.5) is 0 Å². The third-order valence-electron chi connectivity index (χ3n) is 4.10. The van der Waals surface area contributed by atoms with Gasteiger partial charge < -0.3 is 19.3 Å². The number of hydrogen-bond acceptors (Lipinski definition) is 7. The van der Waals surface area contributed by atoms with Crippen molar-refractivity contribution in [2.24, 2.45) is 5.92 Å². The number of rotatable bonds is 8. The van der Waals surface area contributed by atoms with Crippen molar-refractivity contribution in [1.29, 1.82) is 0 Å². The molecule has 0 saturated carbocycles. The van der Waals surface area contributed by atoms with Crippen molar-refractivity contribution in [3.05, 3.63) is 22.6 Å². The van der Waals surface area contributed by atoms with Gasteiger partial charge in [0.15, 0.2) is 11.5 Å². The molecular weight excluding hydrogens is 402 g/mol. The normalized spacial score (nSPS) is 16.6. The van der Waals surface area contributed by atoms with Gasteiger partial charge in [0.1, 0.15) is 10.4 Å². The molecule has 1 amide bonds. The van der Waals surface area contributed by atoms with Gasteiger partial charge in [-0.15, -0.1) is 0 Å². The third kappa shape index (κ3) is 4.59. The van der Waals surface area contributed by atoms with Crippen LogP contribution in [0.3, 0.4) is 0 Å². The van der Waals surface area contributed by atoms with Gasteiger partial charge >= 0.3 is 5.97 Å². The molecule has 1 aromatic rings. The number of amides is 1. The zero-order chi connectivity index (χ0) is 21.0. The molecule has 1 aromatic carbocycles. The highest BCUT2D eigenvalue weighted by Crippen LogP contribution is 2.40. The van der Waals surface area contributed by atoms with Crippen LogP contribution >= 0.6 is 24.0 Å². The molecule has 9 heteroatoms. The molecule has 7 nitrogen and oxygen atoms in total. The molecule has 152 valence electrons. The van der Waals surface area contributed by atoms with E-state index in [0.29, 0.717) is 34.1 Å². The molecule has 2 rings (SSSR count). The van der Waals surface area contributed by atoms with Gasteiger partial charge in [0.2, 0.25) is 5.75 Å². The molecule has 0 spiro atoms. The lowest BCUT2D eigenvalue weighted by atomic mass is 10.0. The molecule has 0 radical (unpaired) electrons. The Bertz CT molecular complexity index is 796. The molecular formula is C19H23NO6S2. The largest absolute Gasteiger partial charge is 0.493 e. The Hall–Kier alpha value is -2.26. The molecule has 1 fully saturated rings. The lowest BCUT2D eigenvalue weighted by Gasteiger charge is -2.24. The zero-order valence-corrected chi connectivity index (χ0v) is 18.0. The monoisotopic (exact) mass is 425 g/mol. The first kappa shape index (κ1) is 22.0. The number of carboxylic acids is 1. The third-order valence-corrected chi connectivity index (χ3v) is 5.43. The summed E-state index contributed by atoms with van der Waals surface area (Å²) in [6.07, 6.45) is 1.96. The lowest BCUT2D eigenvalue weighted by molar-refractivity contribution is -0.145. The number of benzene rings is 1. The van der Waals surface area contributed by atoms with Crippen LogP contribution in [0.15, 0.2) is 17.0 Å². The van der Waals surface area contributed by atoms with Crippen LogP contribution in [0.1, 0.15) is 25.8 Å². The van der Waals surface area contributed by atoms with Crippen LogP contribution in [0.2, 0.25) is 0 Å². The van der Waals surface area contributed by atoms with Crippen LogP contribution in [-0.4, -0.2) is 53.6 Å².